The van der Waals surface area contributed by atoms with Gasteiger partial charge in [-0.05, 0) is 53.4 Å². The van der Waals surface area contributed by atoms with Crippen LogP contribution >= 0.6 is 15.9 Å². The molecule has 0 bridgehead atoms. The quantitative estimate of drug-likeness (QED) is 0.913. The Morgan fingerprint density at radius 1 is 1.44 bits per heavy atom. The molecule has 1 aliphatic heterocycles. The predicted octanol–water partition coefficient (Wildman–Crippen LogP) is 2.63. The first-order valence-electron chi connectivity index (χ1n) is 6.00. The summed E-state index contributed by atoms with van der Waals surface area (Å²) in [5, 5.41) is 8.84. The van der Waals surface area contributed by atoms with Crippen LogP contribution in [0.1, 0.15) is 18.4 Å². The Morgan fingerprint density at radius 3 is 2.67 bits per heavy atom. The summed E-state index contributed by atoms with van der Waals surface area (Å²) in [5.74, 6) is 0.200. The average Bonchev–Trinajstić information content (AvgIpc) is 2.42. The number of nitrogens with zero attached hydrogens (tertiary/aromatic N) is 2. The van der Waals surface area contributed by atoms with Crippen LogP contribution in [0.15, 0.2) is 16.6 Å². The van der Waals surface area contributed by atoms with E-state index in [1.807, 2.05) is 11.0 Å². The third-order valence-electron chi connectivity index (χ3n) is 3.47. The van der Waals surface area contributed by atoms with Gasteiger partial charge in [0, 0.05) is 13.1 Å². The number of hydrogen-bond donors (Lipinski definition) is 1. The summed E-state index contributed by atoms with van der Waals surface area (Å²) in [6, 6.07) is 5.29. The van der Waals surface area contributed by atoms with Crippen LogP contribution in [0.5, 0.6) is 0 Å². The minimum Gasteiger partial charge on any atom is -0.369 e. The summed E-state index contributed by atoms with van der Waals surface area (Å²) in [4.78, 5) is 2.02. The first kappa shape index (κ1) is 13.3. The number of nitrogens with two attached hydrogens (primary N) is 1. The molecule has 2 N–H and O–H groups in total. The topological polar surface area (TPSA) is 53.0 Å². The fourth-order valence-electron chi connectivity index (χ4n) is 2.28. The van der Waals surface area contributed by atoms with Crippen LogP contribution in [-0.2, 0) is 0 Å². The second-order valence-corrected chi connectivity index (χ2v) is 5.33. The summed E-state index contributed by atoms with van der Waals surface area (Å²) in [6.45, 7) is 2.33. The molecular formula is C13H15BrFN3. The third-order valence-corrected chi connectivity index (χ3v) is 4.25. The number of rotatable bonds is 2. The summed E-state index contributed by atoms with van der Waals surface area (Å²) in [6.07, 6.45) is 1.99. The van der Waals surface area contributed by atoms with Gasteiger partial charge in [-0.25, -0.2) is 4.39 Å². The molecule has 0 spiro atoms. The maximum absolute atomic E-state index is 14.1. The van der Waals surface area contributed by atoms with Gasteiger partial charge in [-0.15, -0.1) is 0 Å². The molecule has 1 fully saturated rings. The van der Waals surface area contributed by atoms with Gasteiger partial charge in [-0.2, -0.15) is 5.26 Å². The molecule has 1 heterocycles. The fourth-order valence-corrected chi connectivity index (χ4v) is 2.70. The molecule has 1 aromatic carbocycles. The Labute approximate surface area is 115 Å². The SMILES string of the molecule is N#Cc1ccc(N2CCC(CN)CC2)c(F)c1Br. The monoisotopic (exact) mass is 311 g/mol. The van der Waals surface area contributed by atoms with Crippen LogP contribution in [0.3, 0.4) is 0 Å². The lowest BCUT2D eigenvalue weighted by Gasteiger charge is -2.33. The van der Waals surface area contributed by atoms with Crippen molar-refractivity contribution >= 4 is 21.6 Å². The molecule has 0 aromatic heterocycles. The van der Waals surface area contributed by atoms with Crippen molar-refractivity contribution in [3.8, 4) is 6.07 Å². The van der Waals surface area contributed by atoms with Crippen LogP contribution < -0.4 is 10.6 Å². The largest absolute Gasteiger partial charge is 0.369 e. The van der Waals surface area contributed by atoms with Crippen molar-refractivity contribution in [2.45, 2.75) is 12.8 Å². The molecule has 3 nitrogen and oxygen atoms in total. The Hall–Kier alpha value is -1.12. The molecule has 1 saturated heterocycles. The Bertz CT molecular complexity index is 476. The molecule has 18 heavy (non-hydrogen) atoms. The van der Waals surface area contributed by atoms with Gasteiger partial charge in [0.25, 0.3) is 0 Å². The van der Waals surface area contributed by atoms with Crippen LogP contribution in [0.4, 0.5) is 10.1 Å². The number of hydrogen-bond acceptors (Lipinski definition) is 3. The standard InChI is InChI=1S/C13H15BrFN3/c14-12-10(8-17)1-2-11(13(12)15)18-5-3-9(7-16)4-6-18/h1-2,9H,3-7,16H2. The molecule has 96 valence electrons. The van der Waals surface area contributed by atoms with E-state index in [9.17, 15) is 4.39 Å². The molecule has 1 aromatic rings. The van der Waals surface area contributed by atoms with E-state index in [0.717, 1.165) is 25.9 Å². The molecule has 0 saturated carbocycles. The van der Waals surface area contributed by atoms with E-state index in [-0.39, 0.29) is 10.3 Å². The van der Waals surface area contributed by atoms with E-state index in [2.05, 4.69) is 15.9 Å². The zero-order valence-electron chi connectivity index (χ0n) is 10.00. The fraction of sp³-hybridized carbons (Fsp3) is 0.462. The highest BCUT2D eigenvalue weighted by molar-refractivity contribution is 9.10. The van der Waals surface area contributed by atoms with E-state index in [0.29, 0.717) is 23.7 Å². The van der Waals surface area contributed by atoms with Crippen molar-refractivity contribution in [1.82, 2.24) is 0 Å². The van der Waals surface area contributed by atoms with Crippen molar-refractivity contribution in [2.75, 3.05) is 24.5 Å². The average molecular weight is 312 g/mol. The molecular weight excluding hydrogens is 297 g/mol. The van der Waals surface area contributed by atoms with Crippen molar-refractivity contribution in [3.63, 3.8) is 0 Å². The van der Waals surface area contributed by atoms with E-state index < -0.39 is 0 Å². The smallest absolute Gasteiger partial charge is 0.161 e. The lowest BCUT2D eigenvalue weighted by Crippen LogP contribution is -2.36. The highest BCUT2D eigenvalue weighted by atomic mass is 79.9. The van der Waals surface area contributed by atoms with Crippen molar-refractivity contribution in [2.24, 2.45) is 11.7 Å². The summed E-state index contributed by atoms with van der Waals surface area (Å²) in [5.41, 5.74) is 6.54. The van der Waals surface area contributed by atoms with Gasteiger partial charge < -0.3 is 10.6 Å². The number of halogens is 2. The zero-order valence-corrected chi connectivity index (χ0v) is 11.6. The maximum atomic E-state index is 14.1. The Balaban J connectivity index is 2.20. The molecule has 0 amide bonds. The Kier molecular flexibility index (Phi) is 4.20. The minimum atomic E-state index is -0.347. The van der Waals surface area contributed by atoms with Gasteiger partial charge in [0.05, 0.1) is 15.7 Å². The van der Waals surface area contributed by atoms with Gasteiger partial charge in [0.15, 0.2) is 5.82 Å². The van der Waals surface area contributed by atoms with Crippen molar-refractivity contribution in [3.05, 3.63) is 28.0 Å². The van der Waals surface area contributed by atoms with Gasteiger partial charge in [-0.3, -0.25) is 0 Å². The number of anilines is 1. The van der Waals surface area contributed by atoms with E-state index in [4.69, 9.17) is 11.0 Å². The normalized spacial score (nSPS) is 16.7. The molecule has 0 radical (unpaired) electrons. The first-order chi connectivity index (χ1) is 8.67. The summed E-state index contributed by atoms with van der Waals surface area (Å²) in [7, 11) is 0. The molecule has 1 aliphatic rings. The van der Waals surface area contributed by atoms with Gasteiger partial charge in [0.2, 0.25) is 0 Å². The lowest BCUT2D eigenvalue weighted by atomic mass is 9.96. The highest BCUT2D eigenvalue weighted by Gasteiger charge is 2.22. The highest BCUT2D eigenvalue weighted by Crippen LogP contribution is 2.31. The van der Waals surface area contributed by atoms with E-state index >= 15 is 0 Å². The summed E-state index contributed by atoms with van der Waals surface area (Å²) >= 11 is 3.14. The minimum absolute atomic E-state index is 0.253. The van der Waals surface area contributed by atoms with Gasteiger partial charge >= 0.3 is 0 Å². The van der Waals surface area contributed by atoms with E-state index in [1.165, 1.54) is 0 Å². The maximum Gasteiger partial charge on any atom is 0.161 e. The molecule has 0 aliphatic carbocycles. The zero-order chi connectivity index (χ0) is 13.1. The second kappa shape index (κ2) is 5.68. The summed E-state index contributed by atoms with van der Waals surface area (Å²) < 4.78 is 14.4. The lowest BCUT2D eigenvalue weighted by molar-refractivity contribution is 0.411. The third kappa shape index (κ3) is 2.50. The van der Waals surface area contributed by atoms with Crippen LogP contribution in [0, 0.1) is 23.1 Å². The van der Waals surface area contributed by atoms with Crippen LogP contribution in [-0.4, -0.2) is 19.6 Å². The van der Waals surface area contributed by atoms with Crippen molar-refractivity contribution in [1.29, 1.82) is 5.26 Å². The number of piperidine rings is 1. The van der Waals surface area contributed by atoms with Crippen molar-refractivity contribution < 1.29 is 4.39 Å². The predicted molar refractivity (Wildman–Crippen MR) is 72.8 cm³/mol. The molecule has 0 atom stereocenters. The Morgan fingerprint density at radius 2 is 2.11 bits per heavy atom. The number of nitriles is 1. The van der Waals surface area contributed by atoms with Crippen LogP contribution in [0.2, 0.25) is 0 Å². The molecule has 2 rings (SSSR count). The molecule has 0 unspecified atom stereocenters. The van der Waals surface area contributed by atoms with E-state index in [1.54, 1.807) is 12.1 Å². The number of benzene rings is 1. The first-order valence-corrected chi connectivity index (χ1v) is 6.79. The van der Waals surface area contributed by atoms with Gasteiger partial charge in [0.1, 0.15) is 6.07 Å². The second-order valence-electron chi connectivity index (χ2n) is 4.54. The van der Waals surface area contributed by atoms with Gasteiger partial charge in [-0.1, -0.05) is 0 Å². The van der Waals surface area contributed by atoms with Crippen LogP contribution in [0.25, 0.3) is 0 Å². The molecule has 5 heteroatoms.